The van der Waals surface area contributed by atoms with Crippen LogP contribution >= 0.6 is 0 Å². The number of primary amides is 1. The second-order valence-electron chi connectivity index (χ2n) is 3.61. The van der Waals surface area contributed by atoms with E-state index in [0.29, 0.717) is 0 Å². The monoisotopic (exact) mass is 285 g/mol. The molecule has 0 aliphatic carbocycles. The van der Waals surface area contributed by atoms with Crippen molar-refractivity contribution in [2.45, 2.75) is 31.3 Å². The number of amides is 2. The summed E-state index contributed by atoms with van der Waals surface area (Å²) in [5, 5.41) is 19.2. The van der Waals surface area contributed by atoms with Crippen molar-refractivity contribution in [3.63, 3.8) is 0 Å². The minimum absolute atomic E-state index is 0. The van der Waals surface area contributed by atoms with Crippen LogP contribution in [0.25, 0.3) is 0 Å². The standard InChI is InChI=1S/C9H15N3O6.Na.H/c10-4(3-7(14)15)8(16)12-5(9(17)18)1-2-6(11)13;;/h4-5H,1-3,10H2,(H2,11,13)(H,12,16)(H,14,15)(H,17,18);;/q;+1;-1/t4-,5-;;/m0../s1. The summed E-state index contributed by atoms with van der Waals surface area (Å²) in [6.45, 7) is 0. The van der Waals surface area contributed by atoms with Gasteiger partial charge in [0.05, 0.1) is 12.5 Å². The van der Waals surface area contributed by atoms with E-state index in [4.69, 9.17) is 21.7 Å². The summed E-state index contributed by atoms with van der Waals surface area (Å²) in [5.74, 6) is -4.24. The quantitative estimate of drug-likeness (QED) is 0.277. The van der Waals surface area contributed by atoms with Gasteiger partial charge in [0.25, 0.3) is 0 Å². The van der Waals surface area contributed by atoms with Crippen molar-refractivity contribution in [3.05, 3.63) is 0 Å². The average Bonchev–Trinajstić information content (AvgIpc) is 2.21. The first-order valence-corrected chi connectivity index (χ1v) is 5.03. The molecule has 9 nitrogen and oxygen atoms in total. The molecule has 0 spiro atoms. The SMILES string of the molecule is NC(=O)CC[C@H](NC(=O)[C@@H](N)CC(=O)O)C(=O)O.[H-].[Na+]. The fourth-order valence-electron chi connectivity index (χ4n) is 1.10. The van der Waals surface area contributed by atoms with Crippen molar-refractivity contribution in [3.8, 4) is 0 Å². The van der Waals surface area contributed by atoms with Crippen LogP contribution < -0.4 is 46.3 Å². The molecule has 0 aromatic carbocycles. The first kappa shape index (κ1) is 20.2. The van der Waals surface area contributed by atoms with Gasteiger partial charge in [0.15, 0.2) is 0 Å². The average molecular weight is 285 g/mol. The number of hydrogen-bond acceptors (Lipinski definition) is 5. The van der Waals surface area contributed by atoms with Gasteiger partial charge in [-0.25, -0.2) is 4.79 Å². The molecule has 0 rings (SSSR count). The summed E-state index contributed by atoms with van der Waals surface area (Å²) in [7, 11) is 0. The minimum atomic E-state index is -1.35. The van der Waals surface area contributed by atoms with E-state index in [1.54, 1.807) is 0 Å². The van der Waals surface area contributed by atoms with Crippen LogP contribution in [0.4, 0.5) is 0 Å². The number of aliphatic carboxylic acids is 2. The van der Waals surface area contributed by atoms with Crippen molar-refractivity contribution in [1.82, 2.24) is 5.32 Å². The van der Waals surface area contributed by atoms with Crippen LogP contribution in [0.15, 0.2) is 0 Å². The molecule has 0 aliphatic heterocycles. The number of carboxylic acids is 2. The topological polar surface area (TPSA) is 173 Å². The van der Waals surface area contributed by atoms with Crippen LogP contribution in [0.2, 0.25) is 0 Å². The number of nitrogens with two attached hydrogens (primary N) is 2. The maximum Gasteiger partial charge on any atom is 1.00 e. The van der Waals surface area contributed by atoms with E-state index >= 15 is 0 Å². The summed E-state index contributed by atoms with van der Waals surface area (Å²) < 4.78 is 0. The van der Waals surface area contributed by atoms with E-state index in [1.165, 1.54) is 0 Å². The third-order valence-electron chi connectivity index (χ3n) is 2.03. The molecule has 7 N–H and O–H groups in total. The van der Waals surface area contributed by atoms with Crippen molar-refractivity contribution in [1.29, 1.82) is 0 Å². The number of carbonyl (C=O) groups excluding carboxylic acids is 2. The molecule has 0 aromatic heterocycles. The Morgan fingerprint density at radius 2 is 1.74 bits per heavy atom. The molecule has 0 radical (unpaired) electrons. The molecule has 10 heteroatoms. The Kier molecular flexibility index (Phi) is 10.3. The third-order valence-corrected chi connectivity index (χ3v) is 2.03. The van der Waals surface area contributed by atoms with Crippen molar-refractivity contribution >= 4 is 23.8 Å². The molecule has 0 aromatic rings. The number of hydrogen-bond donors (Lipinski definition) is 5. The predicted octanol–water partition coefficient (Wildman–Crippen LogP) is -5.26. The molecule has 0 heterocycles. The Hall–Kier alpha value is -1.16. The van der Waals surface area contributed by atoms with E-state index in [9.17, 15) is 19.2 Å². The fourth-order valence-corrected chi connectivity index (χ4v) is 1.10. The molecule has 2 amide bonds. The van der Waals surface area contributed by atoms with E-state index in [1.807, 2.05) is 5.32 Å². The van der Waals surface area contributed by atoms with Crippen LogP contribution in [-0.4, -0.2) is 46.0 Å². The van der Waals surface area contributed by atoms with Crippen molar-refractivity contribution in [2.75, 3.05) is 0 Å². The smallest absolute Gasteiger partial charge is 1.00 e. The number of carboxylic acid groups (broad SMARTS) is 2. The maximum atomic E-state index is 11.4. The van der Waals surface area contributed by atoms with Crippen LogP contribution in [0.3, 0.4) is 0 Å². The van der Waals surface area contributed by atoms with E-state index < -0.39 is 42.3 Å². The molecule has 2 atom stereocenters. The molecule has 0 fully saturated rings. The second kappa shape index (κ2) is 9.73. The number of carbonyl (C=O) groups is 4. The Balaban J connectivity index is -0.00000144. The zero-order valence-electron chi connectivity index (χ0n) is 11.5. The summed E-state index contributed by atoms with van der Waals surface area (Å²) in [6.07, 6.45) is -1.02. The van der Waals surface area contributed by atoms with Gasteiger partial charge in [-0.1, -0.05) is 0 Å². The van der Waals surface area contributed by atoms with Gasteiger partial charge in [-0.3, -0.25) is 14.4 Å². The van der Waals surface area contributed by atoms with Gasteiger partial charge < -0.3 is 28.4 Å². The normalized spacial score (nSPS) is 12.7. The zero-order chi connectivity index (χ0) is 14.3. The molecule has 0 saturated carbocycles. The van der Waals surface area contributed by atoms with Gasteiger partial charge in [-0.2, -0.15) is 0 Å². The molecule has 104 valence electrons. The summed E-state index contributed by atoms with van der Waals surface area (Å²) in [5.41, 5.74) is 10.1. The van der Waals surface area contributed by atoms with Gasteiger partial charge in [0, 0.05) is 6.42 Å². The molecule has 0 aliphatic rings. The Labute approximate surface area is 132 Å². The number of rotatable bonds is 8. The Morgan fingerprint density at radius 1 is 1.21 bits per heavy atom. The summed E-state index contributed by atoms with van der Waals surface area (Å²) in [4.78, 5) is 42.9. The van der Waals surface area contributed by atoms with E-state index in [2.05, 4.69) is 0 Å². The molecular weight excluding hydrogens is 269 g/mol. The first-order chi connectivity index (χ1) is 8.23. The predicted molar refractivity (Wildman–Crippen MR) is 59.3 cm³/mol. The molecule has 0 bridgehead atoms. The van der Waals surface area contributed by atoms with Gasteiger partial charge in [0.1, 0.15) is 6.04 Å². The molecule has 19 heavy (non-hydrogen) atoms. The van der Waals surface area contributed by atoms with Crippen LogP contribution in [0, 0.1) is 0 Å². The molecule has 0 unspecified atom stereocenters. The van der Waals surface area contributed by atoms with Crippen molar-refractivity contribution in [2.24, 2.45) is 11.5 Å². The van der Waals surface area contributed by atoms with E-state index in [0.717, 1.165) is 0 Å². The van der Waals surface area contributed by atoms with Crippen LogP contribution in [0.1, 0.15) is 20.7 Å². The molecular formula is C9H16N3NaO6. The summed E-state index contributed by atoms with van der Waals surface area (Å²) in [6, 6.07) is -2.68. The van der Waals surface area contributed by atoms with Crippen LogP contribution in [-0.2, 0) is 19.2 Å². The van der Waals surface area contributed by atoms with Crippen molar-refractivity contribution < 1.29 is 60.4 Å². The largest absolute Gasteiger partial charge is 1.00 e. The second-order valence-corrected chi connectivity index (χ2v) is 3.61. The first-order valence-electron chi connectivity index (χ1n) is 5.03. The van der Waals surface area contributed by atoms with Gasteiger partial charge in [-0.05, 0) is 6.42 Å². The Morgan fingerprint density at radius 3 is 2.11 bits per heavy atom. The third kappa shape index (κ3) is 9.42. The molecule has 0 saturated heterocycles. The van der Waals surface area contributed by atoms with E-state index in [-0.39, 0.29) is 43.8 Å². The zero-order valence-corrected chi connectivity index (χ0v) is 12.5. The van der Waals surface area contributed by atoms with Gasteiger partial charge in [-0.15, -0.1) is 0 Å². The van der Waals surface area contributed by atoms with Crippen LogP contribution in [0.5, 0.6) is 0 Å². The maximum absolute atomic E-state index is 11.4. The van der Waals surface area contributed by atoms with Gasteiger partial charge in [0.2, 0.25) is 11.8 Å². The summed E-state index contributed by atoms with van der Waals surface area (Å²) >= 11 is 0. The fraction of sp³-hybridized carbons (Fsp3) is 0.556. The van der Waals surface area contributed by atoms with Gasteiger partial charge >= 0.3 is 41.5 Å². The minimum Gasteiger partial charge on any atom is -1.00 e. The Bertz CT molecular complexity index is 368. The number of nitrogens with one attached hydrogen (secondary N) is 1.